The van der Waals surface area contributed by atoms with E-state index in [0.29, 0.717) is 46.9 Å². The molecule has 1 heterocycles. The second kappa shape index (κ2) is 9.83. The number of nitrogens with zero attached hydrogens (tertiary/aromatic N) is 1. The van der Waals surface area contributed by atoms with Crippen molar-refractivity contribution in [3.63, 3.8) is 0 Å². The zero-order valence-electron chi connectivity index (χ0n) is 18.6. The maximum Gasteiger partial charge on any atom is 0.246 e. The predicted molar refractivity (Wildman–Crippen MR) is 128 cm³/mol. The first-order chi connectivity index (χ1) is 15.8. The van der Waals surface area contributed by atoms with Gasteiger partial charge in [0.15, 0.2) is 0 Å². The van der Waals surface area contributed by atoms with Crippen molar-refractivity contribution in [1.82, 2.24) is 4.90 Å². The third-order valence-electron chi connectivity index (χ3n) is 6.36. The van der Waals surface area contributed by atoms with Crippen LogP contribution in [-0.2, 0) is 9.59 Å². The van der Waals surface area contributed by atoms with Crippen molar-refractivity contribution < 1.29 is 18.7 Å². The molecular weight excluding hydrogens is 445 g/mol. The lowest BCUT2D eigenvalue weighted by atomic mass is 9.91. The van der Waals surface area contributed by atoms with Crippen LogP contribution in [0, 0.1) is 17.7 Å². The maximum absolute atomic E-state index is 13.2. The Morgan fingerprint density at radius 1 is 1.15 bits per heavy atom. The van der Waals surface area contributed by atoms with Crippen molar-refractivity contribution in [2.45, 2.75) is 25.8 Å². The topological polar surface area (TPSA) is 70.7 Å². The van der Waals surface area contributed by atoms with Crippen LogP contribution in [-0.4, -0.2) is 43.0 Å². The molecule has 2 amide bonds. The molecule has 2 fully saturated rings. The van der Waals surface area contributed by atoms with Gasteiger partial charge in [0.05, 0.1) is 12.1 Å². The van der Waals surface area contributed by atoms with E-state index in [-0.39, 0.29) is 23.7 Å². The molecule has 0 spiro atoms. The Bertz CT molecular complexity index is 1060. The summed E-state index contributed by atoms with van der Waals surface area (Å²) in [6.07, 6.45) is 5.31. The highest BCUT2D eigenvalue weighted by atomic mass is 35.5. The smallest absolute Gasteiger partial charge is 0.246 e. The number of rotatable bonds is 6. The summed E-state index contributed by atoms with van der Waals surface area (Å²) in [4.78, 5) is 26.4. The lowest BCUT2D eigenvalue weighted by Crippen LogP contribution is -2.49. The van der Waals surface area contributed by atoms with Gasteiger partial charge >= 0.3 is 0 Å². The average molecular weight is 472 g/mol. The molecule has 4 rings (SSSR count). The van der Waals surface area contributed by atoms with Gasteiger partial charge in [-0.3, -0.25) is 9.59 Å². The molecule has 8 heteroatoms. The summed E-state index contributed by atoms with van der Waals surface area (Å²) >= 11 is 6.19. The van der Waals surface area contributed by atoms with Gasteiger partial charge in [0.1, 0.15) is 11.6 Å². The SMILES string of the molecule is COc1cc(/C=C/C(=O)N2C[C@H]3CC[C@@H](C2)[C@@H]3Nc2ccc(F)cc2)c(NC(C)=O)cc1Cl. The number of fused-ring (bicyclic) bond motifs is 2. The fraction of sp³-hybridized carbons (Fsp3) is 0.360. The Hall–Kier alpha value is -3.06. The largest absolute Gasteiger partial charge is 0.495 e. The number of likely N-dealkylation sites (tertiary alicyclic amines) is 1. The van der Waals surface area contributed by atoms with Gasteiger partial charge in [-0.25, -0.2) is 4.39 Å². The molecule has 2 aromatic rings. The Morgan fingerprint density at radius 2 is 1.82 bits per heavy atom. The first kappa shape index (κ1) is 23.1. The summed E-state index contributed by atoms with van der Waals surface area (Å²) in [5.41, 5.74) is 2.05. The summed E-state index contributed by atoms with van der Waals surface area (Å²) in [6.45, 7) is 2.75. The van der Waals surface area contributed by atoms with E-state index in [1.807, 2.05) is 4.90 Å². The number of benzene rings is 2. The van der Waals surface area contributed by atoms with Crippen LogP contribution >= 0.6 is 11.6 Å². The number of carbonyl (C=O) groups is 2. The van der Waals surface area contributed by atoms with Gasteiger partial charge in [0, 0.05) is 49.1 Å². The van der Waals surface area contributed by atoms with Gasteiger partial charge < -0.3 is 20.3 Å². The van der Waals surface area contributed by atoms with E-state index < -0.39 is 0 Å². The van der Waals surface area contributed by atoms with E-state index in [9.17, 15) is 14.0 Å². The highest BCUT2D eigenvalue weighted by Crippen LogP contribution is 2.39. The van der Waals surface area contributed by atoms with E-state index >= 15 is 0 Å². The van der Waals surface area contributed by atoms with Gasteiger partial charge in [0.25, 0.3) is 0 Å². The lowest BCUT2D eigenvalue weighted by molar-refractivity contribution is -0.128. The molecule has 6 nitrogen and oxygen atoms in total. The number of hydrogen-bond donors (Lipinski definition) is 2. The molecule has 3 atom stereocenters. The molecular formula is C25H27ClFN3O3. The number of carbonyl (C=O) groups excluding carboxylic acids is 2. The highest BCUT2D eigenvalue weighted by Gasteiger charge is 2.42. The summed E-state index contributed by atoms with van der Waals surface area (Å²) in [5.74, 6) is 0.590. The Labute approximate surface area is 197 Å². The molecule has 2 aromatic carbocycles. The van der Waals surface area contributed by atoms with Gasteiger partial charge in [0.2, 0.25) is 11.8 Å². The Kier molecular flexibility index (Phi) is 6.88. The Balaban J connectivity index is 1.45. The number of hydrogen-bond acceptors (Lipinski definition) is 4. The van der Waals surface area contributed by atoms with Crippen molar-refractivity contribution in [1.29, 1.82) is 0 Å². The van der Waals surface area contributed by atoms with E-state index in [2.05, 4.69) is 10.6 Å². The first-order valence-corrected chi connectivity index (χ1v) is 11.4. The number of halogens is 2. The second-order valence-corrected chi connectivity index (χ2v) is 9.01. The monoisotopic (exact) mass is 471 g/mol. The maximum atomic E-state index is 13.2. The van der Waals surface area contributed by atoms with Crippen LogP contribution in [0.25, 0.3) is 6.08 Å². The lowest BCUT2D eigenvalue weighted by Gasteiger charge is -2.38. The number of anilines is 2. The minimum absolute atomic E-state index is 0.0742. The van der Waals surface area contributed by atoms with Crippen molar-refractivity contribution in [2.75, 3.05) is 30.8 Å². The first-order valence-electron chi connectivity index (χ1n) is 11.0. The number of piperidine rings is 1. The van der Waals surface area contributed by atoms with E-state index in [1.165, 1.54) is 32.2 Å². The molecule has 1 saturated carbocycles. The van der Waals surface area contributed by atoms with Crippen molar-refractivity contribution >= 4 is 40.9 Å². The Morgan fingerprint density at radius 3 is 2.42 bits per heavy atom. The fourth-order valence-corrected chi connectivity index (χ4v) is 5.05. The van der Waals surface area contributed by atoms with Crippen LogP contribution in [0.3, 0.4) is 0 Å². The normalized spacial score (nSPS) is 21.8. The van der Waals surface area contributed by atoms with Crippen LogP contribution in [0.1, 0.15) is 25.3 Å². The van der Waals surface area contributed by atoms with Gasteiger partial charge in [-0.2, -0.15) is 0 Å². The van der Waals surface area contributed by atoms with Crippen molar-refractivity contribution in [3.05, 3.63) is 58.9 Å². The molecule has 1 aliphatic carbocycles. The van der Waals surface area contributed by atoms with Gasteiger partial charge in [-0.1, -0.05) is 11.6 Å². The van der Waals surface area contributed by atoms with Crippen LogP contribution in [0.2, 0.25) is 5.02 Å². The number of amides is 2. The quantitative estimate of drug-likeness (QED) is 0.593. The summed E-state index contributed by atoms with van der Waals surface area (Å²) in [7, 11) is 1.51. The van der Waals surface area contributed by atoms with Crippen molar-refractivity contribution in [2.24, 2.45) is 11.8 Å². The van der Waals surface area contributed by atoms with Gasteiger partial charge in [-0.15, -0.1) is 0 Å². The molecule has 0 radical (unpaired) electrons. The zero-order valence-corrected chi connectivity index (χ0v) is 19.4. The summed E-state index contributed by atoms with van der Waals surface area (Å²) in [6, 6.07) is 9.99. The number of methoxy groups -OCH3 is 1. The third kappa shape index (κ3) is 5.30. The van der Waals surface area contributed by atoms with Crippen LogP contribution in [0.5, 0.6) is 5.75 Å². The molecule has 1 saturated heterocycles. The molecule has 174 valence electrons. The highest BCUT2D eigenvalue weighted by molar-refractivity contribution is 6.32. The molecule has 0 aromatic heterocycles. The van der Waals surface area contributed by atoms with Crippen LogP contribution < -0.4 is 15.4 Å². The van der Waals surface area contributed by atoms with E-state index in [4.69, 9.17) is 16.3 Å². The zero-order chi connectivity index (χ0) is 23.5. The van der Waals surface area contributed by atoms with E-state index in [1.54, 1.807) is 30.3 Å². The molecule has 2 bridgehead atoms. The number of nitrogens with one attached hydrogen (secondary N) is 2. The fourth-order valence-electron chi connectivity index (χ4n) is 4.80. The minimum Gasteiger partial charge on any atom is -0.495 e. The van der Waals surface area contributed by atoms with Crippen LogP contribution in [0.4, 0.5) is 15.8 Å². The second-order valence-electron chi connectivity index (χ2n) is 8.61. The van der Waals surface area contributed by atoms with Crippen LogP contribution in [0.15, 0.2) is 42.5 Å². The number of ether oxygens (including phenoxy) is 1. The standard InChI is InChI=1S/C25H27ClFN3O3/c1-15(31)28-22-12-21(26)23(33-2)11-16(22)5-10-24(32)30-13-17-3-4-18(14-30)25(17)29-20-8-6-19(27)7-9-20/h5-12,17-18,25,29H,3-4,13-14H2,1-2H3,(H,28,31)/b10-5+/t17-,18+,25-. The summed E-state index contributed by atoms with van der Waals surface area (Å²) in [5, 5.41) is 6.65. The average Bonchev–Trinajstić information content (AvgIpc) is 3.00. The molecule has 33 heavy (non-hydrogen) atoms. The van der Waals surface area contributed by atoms with E-state index in [0.717, 1.165) is 18.5 Å². The molecule has 2 N–H and O–H groups in total. The predicted octanol–water partition coefficient (Wildman–Crippen LogP) is 4.81. The minimum atomic E-state index is -0.254. The third-order valence-corrected chi connectivity index (χ3v) is 6.66. The van der Waals surface area contributed by atoms with Crippen molar-refractivity contribution in [3.8, 4) is 5.75 Å². The van der Waals surface area contributed by atoms with Gasteiger partial charge in [-0.05, 0) is 67.2 Å². The molecule has 0 unspecified atom stereocenters. The molecule has 2 aliphatic rings. The summed E-state index contributed by atoms with van der Waals surface area (Å²) < 4.78 is 18.5. The molecule has 1 aliphatic heterocycles.